The molecule has 5 nitrogen and oxygen atoms in total. The molecular formula is C13H13N3O2S2. The van der Waals surface area contributed by atoms with Crippen LogP contribution in [0.15, 0.2) is 40.9 Å². The van der Waals surface area contributed by atoms with Crippen molar-refractivity contribution in [3.63, 3.8) is 0 Å². The van der Waals surface area contributed by atoms with Gasteiger partial charge >= 0.3 is 0 Å². The number of aromatic nitrogens is 1. The molecule has 1 heterocycles. The van der Waals surface area contributed by atoms with Gasteiger partial charge in [0.1, 0.15) is 0 Å². The third kappa shape index (κ3) is 3.88. The van der Waals surface area contributed by atoms with Crippen molar-refractivity contribution in [3.8, 4) is 11.8 Å². The van der Waals surface area contributed by atoms with Crippen molar-refractivity contribution in [3.05, 3.63) is 46.4 Å². The van der Waals surface area contributed by atoms with Gasteiger partial charge in [-0.05, 0) is 24.3 Å². The number of rotatable bonds is 4. The SMILES string of the molecule is NCC#Cc1ccc(S(=O)(=O)NCc2cncs2)cc1. The van der Waals surface area contributed by atoms with Gasteiger partial charge in [-0.3, -0.25) is 4.98 Å². The third-order valence-electron chi connectivity index (χ3n) is 2.42. The summed E-state index contributed by atoms with van der Waals surface area (Å²) in [5, 5.41) is 0. The predicted octanol–water partition coefficient (Wildman–Crippen LogP) is 0.932. The fourth-order valence-electron chi connectivity index (χ4n) is 1.45. The summed E-state index contributed by atoms with van der Waals surface area (Å²) in [6, 6.07) is 6.36. The average Bonchev–Trinajstić information content (AvgIpc) is 2.97. The van der Waals surface area contributed by atoms with Crippen LogP contribution in [0.2, 0.25) is 0 Å². The molecule has 0 atom stereocenters. The first-order valence-electron chi connectivity index (χ1n) is 5.78. The highest BCUT2D eigenvalue weighted by atomic mass is 32.2. The Morgan fingerprint density at radius 2 is 2.05 bits per heavy atom. The predicted molar refractivity (Wildman–Crippen MR) is 78.5 cm³/mol. The summed E-state index contributed by atoms with van der Waals surface area (Å²) >= 11 is 1.40. The number of nitrogens with one attached hydrogen (secondary N) is 1. The smallest absolute Gasteiger partial charge is 0.240 e. The zero-order valence-electron chi connectivity index (χ0n) is 10.5. The van der Waals surface area contributed by atoms with Gasteiger partial charge < -0.3 is 5.73 Å². The van der Waals surface area contributed by atoms with Crippen molar-refractivity contribution in [1.82, 2.24) is 9.71 Å². The van der Waals surface area contributed by atoms with E-state index < -0.39 is 10.0 Å². The number of thiazole rings is 1. The average molecular weight is 307 g/mol. The van der Waals surface area contributed by atoms with Crippen molar-refractivity contribution in [2.24, 2.45) is 5.73 Å². The minimum absolute atomic E-state index is 0.209. The van der Waals surface area contributed by atoms with Crippen LogP contribution >= 0.6 is 11.3 Å². The minimum Gasteiger partial charge on any atom is -0.320 e. The molecule has 0 aliphatic heterocycles. The van der Waals surface area contributed by atoms with Crippen molar-refractivity contribution in [1.29, 1.82) is 0 Å². The van der Waals surface area contributed by atoms with E-state index in [1.807, 2.05) is 0 Å². The number of nitrogens with zero attached hydrogens (tertiary/aromatic N) is 1. The van der Waals surface area contributed by atoms with Gasteiger partial charge in [0.05, 0.1) is 17.0 Å². The Balaban J connectivity index is 2.09. The molecule has 7 heteroatoms. The summed E-state index contributed by atoms with van der Waals surface area (Å²) in [5.41, 5.74) is 7.67. The molecule has 0 aliphatic carbocycles. The van der Waals surface area contributed by atoms with Crippen LogP contribution in [0.1, 0.15) is 10.4 Å². The molecule has 0 radical (unpaired) electrons. The highest BCUT2D eigenvalue weighted by Gasteiger charge is 2.13. The van der Waals surface area contributed by atoms with E-state index in [1.54, 1.807) is 23.8 Å². The lowest BCUT2D eigenvalue weighted by Crippen LogP contribution is -2.22. The van der Waals surface area contributed by atoms with Crippen molar-refractivity contribution >= 4 is 21.4 Å². The molecule has 3 N–H and O–H groups in total. The standard InChI is InChI=1S/C13H13N3O2S2/c14-7-1-2-11-3-5-13(6-4-11)20(17,18)16-9-12-8-15-10-19-12/h3-6,8,10,16H,7,9,14H2. The highest BCUT2D eigenvalue weighted by molar-refractivity contribution is 7.89. The number of benzene rings is 1. The molecule has 2 rings (SSSR count). The molecule has 20 heavy (non-hydrogen) atoms. The van der Waals surface area contributed by atoms with Crippen LogP contribution in [0.3, 0.4) is 0 Å². The van der Waals surface area contributed by atoms with Crippen molar-refractivity contribution < 1.29 is 8.42 Å². The zero-order chi connectivity index (χ0) is 14.4. The van der Waals surface area contributed by atoms with E-state index in [4.69, 9.17) is 5.73 Å². The first-order chi connectivity index (χ1) is 9.62. The summed E-state index contributed by atoms with van der Waals surface area (Å²) in [7, 11) is -3.52. The van der Waals surface area contributed by atoms with Crippen LogP contribution in [-0.4, -0.2) is 19.9 Å². The maximum atomic E-state index is 12.1. The van der Waals surface area contributed by atoms with Crippen LogP contribution in [-0.2, 0) is 16.6 Å². The van der Waals surface area contributed by atoms with Gasteiger partial charge in [-0.25, -0.2) is 13.1 Å². The van der Waals surface area contributed by atoms with E-state index in [2.05, 4.69) is 21.5 Å². The topological polar surface area (TPSA) is 85.1 Å². The minimum atomic E-state index is -3.52. The molecule has 0 aliphatic rings. The van der Waals surface area contributed by atoms with Crippen LogP contribution in [0.4, 0.5) is 0 Å². The van der Waals surface area contributed by atoms with Gasteiger partial charge in [-0.1, -0.05) is 11.8 Å². The molecule has 0 bridgehead atoms. The van der Waals surface area contributed by atoms with Gasteiger partial charge in [0.2, 0.25) is 10.0 Å². The van der Waals surface area contributed by atoms with E-state index in [-0.39, 0.29) is 18.0 Å². The Hall–Kier alpha value is -1.72. The molecular weight excluding hydrogens is 294 g/mol. The van der Waals surface area contributed by atoms with E-state index in [0.717, 1.165) is 10.4 Å². The van der Waals surface area contributed by atoms with Crippen molar-refractivity contribution in [2.45, 2.75) is 11.4 Å². The Bertz CT molecular complexity index is 711. The number of hydrogen-bond donors (Lipinski definition) is 2. The molecule has 0 saturated heterocycles. The zero-order valence-corrected chi connectivity index (χ0v) is 12.2. The van der Waals surface area contributed by atoms with E-state index in [0.29, 0.717) is 0 Å². The van der Waals surface area contributed by atoms with Gasteiger partial charge in [-0.15, -0.1) is 11.3 Å². The van der Waals surface area contributed by atoms with Crippen molar-refractivity contribution in [2.75, 3.05) is 6.54 Å². The van der Waals surface area contributed by atoms with Gasteiger partial charge in [0, 0.05) is 23.2 Å². The summed E-state index contributed by atoms with van der Waals surface area (Å²) in [6.07, 6.45) is 1.64. The molecule has 0 amide bonds. The largest absolute Gasteiger partial charge is 0.320 e. The molecule has 2 aromatic rings. The third-order valence-corrected chi connectivity index (χ3v) is 4.62. The summed E-state index contributed by atoms with van der Waals surface area (Å²) in [5.74, 6) is 5.55. The van der Waals surface area contributed by atoms with Crippen LogP contribution in [0.25, 0.3) is 0 Å². The lowest BCUT2D eigenvalue weighted by atomic mass is 10.2. The fourth-order valence-corrected chi connectivity index (χ4v) is 3.08. The maximum absolute atomic E-state index is 12.1. The van der Waals surface area contributed by atoms with Gasteiger partial charge in [0.25, 0.3) is 0 Å². The Morgan fingerprint density at radius 3 is 2.65 bits per heavy atom. The summed E-state index contributed by atoms with van der Waals surface area (Å²) in [4.78, 5) is 4.96. The molecule has 104 valence electrons. The second-order valence-electron chi connectivity index (χ2n) is 3.82. The molecule has 0 spiro atoms. The maximum Gasteiger partial charge on any atom is 0.240 e. The van der Waals surface area contributed by atoms with Crippen LogP contribution in [0, 0.1) is 11.8 Å². The highest BCUT2D eigenvalue weighted by Crippen LogP contribution is 2.12. The molecule has 1 aromatic heterocycles. The Kier molecular flexibility index (Phi) is 4.87. The van der Waals surface area contributed by atoms with E-state index in [1.165, 1.54) is 23.5 Å². The van der Waals surface area contributed by atoms with E-state index >= 15 is 0 Å². The molecule has 0 fully saturated rings. The quantitative estimate of drug-likeness (QED) is 0.823. The normalized spacial score (nSPS) is 10.8. The Morgan fingerprint density at radius 1 is 1.30 bits per heavy atom. The first kappa shape index (κ1) is 14.7. The van der Waals surface area contributed by atoms with Gasteiger partial charge in [0.15, 0.2) is 0 Å². The number of sulfonamides is 1. The Labute approximate surface area is 121 Å². The summed E-state index contributed by atoms with van der Waals surface area (Å²) in [6.45, 7) is 0.512. The van der Waals surface area contributed by atoms with E-state index in [9.17, 15) is 8.42 Å². The number of nitrogens with two attached hydrogens (primary N) is 1. The fraction of sp³-hybridized carbons (Fsp3) is 0.154. The first-order valence-corrected chi connectivity index (χ1v) is 8.14. The lowest BCUT2D eigenvalue weighted by Gasteiger charge is -2.05. The monoisotopic (exact) mass is 307 g/mol. The van der Waals surface area contributed by atoms with Crippen LogP contribution in [0.5, 0.6) is 0 Å². The second-order valence-corrected chi connectivity index (χ2v) is 6.56. The second kappa shape index (κ2) is 6.63. The van der Waals surface area contributed by atoms with Crippen LogP contribution < -0.4 is 10.5 Å². The summed E-state index contributed by atoms with van der Waals surface area (Å²) < 4.78 is 26.7. The molecule has 1 aromatic carbocycles. The number of hydrogen-bond acceptors (Lipinski definition) is 5. The molecule has 0 saturated carbocycles. The molecule has 0 unspecified atom stereocenters. The lowest BCUT2D eigenvalue weighted by molar-refractivity contribution is 0.582. The van der Waals surface area contributed by atoms with Gasteiger partial charge in [-0.2, -0.15) is 0 Å².